The number of alkyl halides is 1. The van der Waals surface area contributed by atoms with E-state index < -0.39 is 11.8 Å². The van der Waals surface area contributed by atoms with Gasteiger partial charge in [0.25, 0.3) is 0 Å². The summed E-state index contributed by atoms with van der Waals surface area (Å²) in [5.41, 5.74) is -0.465. The Balaban J connectivity index is 3.32. The van der Waals surface area contributed by atoms with Crippen molar-refractivity contribution in [1.29, 1.82) is 0 Å². The van der Waals surface area contributed by atoms with Gasteiger partial charge >= 0.3 is 6.16 Å². The minimum absolute atomic E-state index is 0.456. The summed E-state index contributed by atoms with van der Waals surface area (Å²) >= 11 is 3.37. The number of unbranched alkanes of at least 4 members (excludes halogenated alkanes) is 3. The SMILES string of the molecule is CC(C)(C)OC(=O)OCCCCCCBr. The lowest BCUT2D eigenvalue weighted by Gasteiger charge is -2.18. The molecular formula is C11H21BrO3. The Morgan fingerprint density at radius 2 is 1.73 bits per heavy atom. The number of carbonyl (C=O) groups excluding carboxylic acids is 1. The lowest BCUT2D eigenvalue weighted by atomic mass is 10.2. The van der Waals surface area contributed by atoms with Crippen molar-refractivity contribution in [3.05, 3.63) is 0 Å². The Labute approximate surface area is 101 Å². The first-order valence-corrected chi connectivity index (χ1v) is 6.49. The van der Waals surface area contributed by atoms with Crippen LogP contribution < -0.4 is 0 Å². The second-order valence-corrected chi connectivity index (χ2v) is 5.21. The fourth-order valence-corrected chi connectivity index (χ4v) is 1.38. The fraction of sp³-hybridized carbons (Fsp3) is 0.909. The van der Waals surface area contributed by atoms with Crippen LogP contribution in [-0.2, 0) is 9.47 Å². The maximum atomic E-state index is 11.1. The first kappa shape index (κ1) is 14.8. The highest BCUT2D eigenvalue weighted by Gasteiger charge is 2.16. The molecule has 0 aromatic carbocycles. The van der Waals surface area contributed by atoms with Crippen molar-refractivity contribution >= 4 is 22.1 Å². The zero-order valence-corrected chi connectivity index (χ0v) is 11.4. The van der Waals surface area contributed by atoms with Crippen LogP contribution >= 0.6 is 15.9 Å². The number of halogens is 1. The van der Waals surface area contributed by atoms with Gasteiger partial charge in [-0.15, -0.1) is 0 Å². The van der Waals surface area contributed by atoms with E-state index in [9.17, 15) is 4.79 Å². The Bertz CT molecular complexity index is 175. The molecule has 4 heteroatoms. The van der Waals surface area contributed by atoms with Crippen molar-refractivity contribution < 1.29 is 14.3 Å². The topological polar surface area (TPSA) is 35.5 Å². The Hall–Kier alpha value is -0.250. The van der Waals surface area contributed by atoms with Gasteiger partial charge in [0.1, 0.15) is 5.60 Å². The number of rotatable bonds is 6. The van der Waals surface area contributed by atoms with E-state index in [4.69, 9.17) is 9.47 Å². The highest BCUT2D eigenvalue weighted by molar-refractivity contribution is 9.09. The predicted molar refractivity (Wildman–Crippen MR) is 64.4 cm³/mol. The van der Waals surface area contributed by atoms with Crippen molar-refractivity contribution in [3.8, 4) is 0 Å². The van der Waals surface area contributed by atoms with Crippen molar-refractivity contribution in [2.75, 3.05) is 11.9 Å². The smallest absolute Gasteiger partial charge is 0.434 e. The molecule has 0 radical (unpaired) electrons. The molecule has 0 atom stereocenters. The highest BCUT2D eigenvalue weighted by atomic mass is 79.9. The van der Waals surface area contributed by atoms with E-state index in [1.807, 2.05) is 20.8 Å². The van der Waals surface area contributed by atoms with Gasteiger partial charge in [-0.1, -0.05) is 28.8 Å². The number of ether oxygens (including phenoxy) is 2. The van der Waals surface area contributed by atoms with E-state index in [1.54, 1.807) is 0 Å². The normalized spacial score (nSPS) is 11.2. The number of carbonyl (C=O) groups is 1. The highest BCUT2D eigenvalue weighted by Crippen LogP contribution is 2.08. The van der Waals surface area contributed by atoms with E-state index in [0.717, 1.165) is 18.2 Å². The van der Waals surface area contributed by atoms with Crippen molar-refractivity contribution in [1.82, 2.24) is 0 Å². The summed E-state index contributed by atoms with van der Waals surface area (Å²) in [4.78, 5) is 11.1. The molecule has 0 N–H and O–H groups in total. The van der Waals surface area contributed by atoms with Crippen LogP contribution in [-0.4, -0.2) is 23.7 Å². The van der Waals surface area contributed by atoms with Gasteiger partial charge in [0.15, 0.2) is 0 Å². The van der Waals surface area contributed by atoms with Crippen LogP contribution in [0, 0.1) is 0 Å². The molecular weight excluding hydrogens is 260 g/mol. The zero-order chi connectivity index (χ0) is 11.7. The van der Waals surface area contributed by atoms with Gasteiger partial charge in [-0.3, -0.25) is 0 Å². The Morgan fingerprint density at radius 3 is 2.27 bits per heavy atom. The van der Waals surface area contributed by atoms with Gasteiger partial charge in [-0.05, 0) is 33.6 Å². The minimum Gasteiger partial charge on any atom is -0.434 e. The van der Waals surface area contributed by atoms with E-state index in [1.165, 1.54) is 12.8 Å². The van der Waals surface area contributed by atoms with Gasteiger partial charge in [0.05, 0.1) is 6.61 Å². The summed E-state index contributed by atoms with van der Waals surface area (Å²) in [5, 5.41) is 1.04. The first-order chi connectivity index (χ1) is 6.95. The van der Waals surface area contributed by atoms with Crippen molar-refractivity contribution in [2.45, 2.75) is 52.1 Å². The molecule has 0 aliphatic rings. The quantitative estimate of drug-likeness (QED) is 0.421. The average molecular weight is 281 g/mol. The molecule has 0 aromatic heterocycles. The lowest BCUT2D eigenvalue weighted by molar-refractivity contribution is -0.00768. The number of hydrogen-bond acceptors (Lipinski definition) is 3. The molecule has 0 aliphatic heterocycles. The molecule has 0 spiro atoms. The second-order valence-electron chi connectivity index (χ2n) is 4.42. The minimum atomic E-state index is -0.567. The molecule has 0 fully saturated rings. The van der Waals surface area contributed by atoms with Gasteiger partial charge in [0, 0.05) is 5.33 Å². The lowest BCUT2D eigenvalue weighted by Crippen LogP contribution is -2.24. The second kappa shape index (κ2) is 7.97. The maximum absolute atomic E-state index is 11.1. The van der Waals surface area contributed by atoms with Crippen LogP contribution in [0.3, 0.4) is 0 Å². The summed E-state index contributed by atoms with van der Waals surface area (Å²) in [6, 6.07) is 0. The first-order valence-electron chi connectivity index (χ1n) is 5.37. The summed E-state index contributed by atoms with van der Waals surface area (Å²) in [6.45, 7) is 5.93. The molecule has 0 saturated heterocycles. The molecule has 0 amide bonds. The monoisotopic (exact) mass is 280 g/mol. The van der Waals surface area contributed by atoms with Crippen LogP contribution in [0.15, 0.2) is 0 Å². The standard InChI is InChI=1S/C11H21BrO3/c1-11(2,3)15-10(13)14-9-7-5-4-6-8-12/h4-9H2,1-3H3. The molecule has 15 heavy (non-hydrogen) atoms. The summed E-state index contributed by atoms with van der Waals surface area (Å²) in [7, 11) is 0. The van der Waals surface area contributed by atoms with E-state index in [0.29, 0.717) is 6.61 Å². The van der Waals surface area contributed by atoms with Gasteiger partial charge in [-0.2, -0.15) is 0 Å². The van der Waals surface area contributed by atoms with E-state index in [-0.39, 0.29) is 0 Å². The molecule has 0 unspecified atom stereocenters. The van der Waals surface area contributed by atoms with Gasteiger partial charge in [-0.25, -0.2) is 4.79 Å². The van der Waals surface area contributed by atoms with Crippen LogP contribution in [0.2, 0.25) is 0 Å². The molecule has 3 nitrogen and oxygen atoms in total. The molecule has 0 rings (SSSR count). The van der Waals surface area contributed by atoms with E-state index >= 15 is 0 Å². The third kappa shape index (κ3) is 11.7. The van der Waals surface area contributed by atoms with Crippen molar-refractivity contribution in [3.63, 3.8) is 0 Å². The zero-order valence-electron chi connectivity index (χ0n) is 9.85. The largest absolute Gasteiger partial charge is 0.508 e. The molecule has 0 aliphatic carbocycles. The molecule has 0 heterocycles. The van der Waals surface area contributed by atoms with Gasteiger partial charge in [0.2, 0.25) is 0 Å². The fourth-order valence-electron chi connectivity index (χ4n) is 0.985. The third-order valence-corrected chi connectivity index (χ3v) is 2.20. The molecule has 0 bridgehead atoms. The van der Waals surface area contributed by atoms with Crippen LogP contribution in [0.25, 0.3) is 0 Å². The van der Waals surface area contributed by atoms with Crippen LogP contribution in [0.1, 0.15) is 46.5 Å². The van der Waals surface area contributed by atoms with Crippen LogP contribution in [0.5, 0.6) is 0 Å². The van der Waals surface area contributed by atoms with Crippen molar-refractivity contribution in [2.24, 2.45) is 0 Å². The Kier molecular flexibility index (Phi) is 7.83. The van der Waals surface area contributed by atoms with Gasteiger partial charge < -0.3 is 9.47 Å². The molecule has 90 valence electrons. The third-order valence-electron chi connectivity index (χ3n) is 1.64. The molecule has 0 aromatic rings. The summed E-state index contributed by atoms with van der Waals surface area (Å²) in [6.07, 6.45) is 3.78. The summed E-state index contributed by atoms with van der Waals surface area (Å²) < 4.78 is 9.92. The Morgan fingerprint density at radius 1 is 1.13 bits per heavy atom. The van der Waals surface area contributed by atoms with E-state index in [2.05, 4.69) is 15.9 Å². The average Bonchev–Trinajstić information content (AvgIpc) is 2.08. The maximum Gasteiger partial charge on any atom is 0.508 e. The number of hydrogen-bond donors (Lipinski definition) is 0. The summed E-state index contributed by atoms with van der Waals surface area (Å²) in [5.74, 6) is 0. The predicted octanol–water partition coefficient (Wildman–Crippen LogP) is 3.89. The van der Waals surface area contributed by atoms with Crippen LogP contribution in [0.4, 0.5) is 4.79 Å². The molecule has 0 saturated carbocycles.